The zero-order valence-corrected chi connectivity index (χ0v) is 24.3. The summed E-state index contributed by atoms with van der Waals surface area (Å²) in [4.78, 5) is 47.4. The number of amides is 2. The van der Waals surface area contributed by atoms with E-state index >= 15 is 0 Å². The van der Waals surface area contributed by atoms with Crippen LogP contribution < -0.4 is 9.80 Å². The first kappa shape index (κ1) is 29.8. The monoisotopic (exact) mass is 553 g/mol. The molecule has 1 N–H and O–H groups in total. The Kier molecular flexibility index (Phi) is 8.47. The van der Waals surface area contributed by atoms with Crippen molar-refractivity contribution in [3.8, 4) is 0 Å². The van der Waals surface area contributed by atoms with Crippen LogP contribution in [0.3, 0.4) is 0 Å². The summed E-state index contributed by atoms with van der Waals surface area (Å²) in [6.45, 7) is 18.8. The van der Waals surface area contributed by atoms with Gasteiger partial charge in [0.25, 0.3) is 5.91 Å². The highest BCUT2D eigenvalue weighted by atomic mass is 16.6. The normalized spacial score (nSPS) is 31.1. The van der Waals surface area contributed by atoms with Crippen LogP contribution in [0.5, 0.6) is 0 Å². The molecule has 2 amide bonds. The largest absolute Gasteiger partial charge is 0.461 e. The summed E-state index contributed by atoms with van der Waals surface area (Å²) >= 11 is 0. The molecular formula is C31H43N3O6. The summed E-state index contributed by atoms with van der Waals surface area (Å²) in [5, 5.41) is 10.1. The second-order valence-corrected chi connectivity index (χ2v) is 11.3. The van der Waals surface area contributed by atoms with Crippen LogP contribution in [-0.4, -0.2) is 83.9 Å². The van der Waals surface area contributed by atoms with Gasteiger partial charge in [-0.05, 0) is 64.3 Å². The minimum atomic E-state index is -1.23. The lowest BCUT2D eigenvalue weighted by molar-refractivity contribution is -0.161. The number of carbonyl (C=O) groups excluding carboxylic acids is 3. The van der Waals surface area contributed by atoms with Crippen LogP contribution in [0.2, 0.25) is 0 Å². The molecule has 4 rings (SSSR count). The Balaban J connectivity index is 1.79. The number of hydrogen-bond acceptors (Lipinski definition) is 7. The van der Waals surface area contributed by atoms with E-state index in [4.69, 9.17) is 9.47 Å². The molecule has 3 aliphatic heterocycles. The molecule has 3 saturated heterocycles. The maximum Gasteiger partial charge on any atom is 0.313 e. The maximum atomic E-state index is 14.6. The van der Waals surface area contributed by atoms with E-state index < -0.39 is 41.1 Å². The Labute approximate surface area is 237 Å². The van der Waals surface area contributed by atoms with E-state index in [1.54, 1.807) is 17.9 Å². The molecule has 3 unspecified atom stereocenters. The standard InChI is InChI=1S/C31H43N3O6/c1-8-16-33(23-14-12-22(13-15-23)32(10-3)11-4)28(37)26-31-18-20(5)30(7,40-31)25(29(38)39-17-9-2)24(31)27(36)34(26)21(6)19-35/h8-9,12-15,20-21,24-26,35H,1-2,10-11,16-19H2,3-7H3/t20?,21-,24+,25+,26?,30-,31?/m1/s1. The van der Waals surface area contributed by atoms with Crippen LogP contribution in [-0.2, 0) is 23.9 Å². The number of anilines is 2. The SMILES string of the molecule is C=CCOC(=O)[C@@H]1[C@H]2C(=O)N([C@H](C)CO)C(C(=O)N(CC=C)c3ccc(N(CC)CC)cc3)C23CC(C)[C@@]1(C)O3. The number of aliphatic hydroxyl groups is 1. The highest BCUT2D eigenvalue weighted by molar-refractivity contribution is 6.05. The lowest BCUT2D eigenvalue weighted by atomic mass is 9.62. The molecule has 1 spiro atoms. The van der Waals surface area contributed by atoms with Gasteiger partial charge in [0.2, 0.25) is 5.91 Å². The van der Waals surface area contributed by atoms with Gasteiger partial charge in [-0.1, -0.05) is 25.7 Å². The molecule has 7 atom stereocenters. The highest BCUT2D eigenvalue weighted by Crippen LogP contribution is 2.65. The number of esters is 1. The average Bonchev–Trinajstić information content (AvgIpc) is 3.47. The first-order valence-electron chi connectivity index (χ1n) is 14.2. The van der Waals surface area contributed by atoms with Crippen LogP contribution in [0, 0.1) is 17.8 Å². The van der Waals surface area contributed by atoms with E-state index in [0.717, 1.165) is 18.8 Å². The summed E-state index contributed by atoms with van der Waals surface area (Å²) in [6, 6.07) is 6.06. The van der Waals surface area contributed by atoms with Crippen LogP contribution in [0.1, 0.15) is 41.0 Å². The predicted molar refractivity (Wildman–Crippen MR) is 154 cm³/mol. The first-order chi connectivity index (χ1) is 19.1. The van der Waals surface area contributed by atoms with Crippen molar-refractivity contribution in [2.45, 2.75) is 64.3 Å². The van der Waals surface area contributed by atoms with Crippen LogP contribution in [0.4, 0.5) is 11.4 Å². The molecule has 40 heavy (non-hydrogen) atoms. The summed E-state index contributed by atoms with van der Waals surface area (Å²) in [7, 11) is 0. The molecule has 0 aliphatic carbocycles. The van der Waals surface area contributed by atoms with Gasteiger partial charge in [0.15, 0.2) is 0 Å². The number of fused-ring (bicyclic) bond motifs is 1. The fourth-order valence-corrected chi connectivity index (χ4v) is 7.14. The maximum absolute atomic E-state index is 14.6. The molecule has 0 radical (unpaired) electrons. The van der Waals surface area contributed by atoms with Crippen molar-refractivity contribution in [1.29, 1.82) is 0 Å². The topological polar surface area (TPSA) is 99.6 Å². The number of ether oxygens (including phenoxy) is 2. The lowest BCUT2D eigenvalue weighted by Crippen LogP contribution is -2.58. The Bertz CT molecular complexity index is 1150. The third kappa shape index (κ3) is 4.43. The van der Waals surface area contributed by atoms with Gasteiger partial charge in [-0.25, -0.2) is 0 Å². The highest BCUT2D eigenvalue weighted by Gasteiger charge is 2.80. The molecule has 9 nitrogen and oxygen atoms in total. The van der Waals surface area contributed by atoms with E-state index in [9.17, 15) is 19.5 Å². The fraction of sp³-hybridized carbons (Fsp3) is 0.581. The molecule has 3 heterocycles. The summed E-state index contributed by atoms with van der Waals surface area (Å²) in [5.41, 5.74) is -0.492. The van der Waals surface area contributed by atoms with Gasteiger partial charge in [-0.3, -0.25) is 14.4 Å². The lowest BCUT2D eigenvalue weighted by Gasteiger charge is -2.38. The summed E-state index contributed by atoms with van der Waals surface area (Å²) in [5.74, 6) is -3.12. The van der Waals surface area contributed by atoms with Gasteiger partial charge < -0.3 is 29.3 Å². The Hall–Kier alpha value is -3.17. The molecule has 0 saturated carbocycles. The van der Waals surface area contributed by atoms with Crippen molar-refractivity contribution < 1.29 is 29.0 Å². The molecule has 1 aromatic carbocycles. The minimum absolute atomic E-state index is 0.0173. The Morgan fingerprint density at radius 1 is 1.20 bits per heavy atom. The number of aliphatic hydroxyl groups excluding tert-OH is 1. The smallest absolute Gasteiger partial charge is 0.313 e. The fourth-order valence-electron chi connectivity index (χ4n) is 7.14. The molecular weight excluding hydrogens is 510 g/mol. The zero-order valence-electron chi connectivity index (χ0n) is 24.3. The molecule has 1 aromatic rings. The Morgan fingerprint density at radius 2 is 1.82 bits per heavy atom. The number of carbonyl (C=O) groups is 3. The van der Waals surface area contributed by atoms with Crippen molar-refractivity contribution in [2.24, 2.45) is 17.8 Å². The third-order valence-corrected chi connectivity index (χ3v) is 9.19. The van der Waals surface area contributed by atoms with Gasteiger partial charge in [0.05, 0.1) is 24.2 Å². The average molecular weight is 554 g/mol. The van der Waals surface area contributed by atoms with Crippen LogP contribution in [0.15, 0.2) is 49.6 Å². The van der Waals surface area contributed by atoms with Crippen LogP contribution in [0.25, 0.3) is 0 Å². The molecule has 218 valence electrons. The number of hydrogen-bond donors (Lipinski definition) is 1. The molecule has 0 aromatic heterocycles. The quantitative estimate of drug-likeness (QED) is 0.314. The first-order valence-corrected chi connectivity index (χ1v) is 14.2. The summed E-state index contributed by atoms with van der Waals surface area (Å²) < 4.78 is 12.2. The van der Waals surface area contributed by atoms with Crippen molar-refractivity contribution >= 4 is 29.2 Å². The van der Waals surface area contributed by atoms with Gasteiger partial charge in [0, 0.05) is 31.0 Å². The van der Waals surface area contributed by atoms with E-state index in [1.807, 2.05) is 38.1 Å². The van der Waals surface area contributed by atoms with Gasteiger partial charge in [-0.2, -0.15) is 0 Å². The zero-order chi connectivity index (χ0) is 29.4. The number of nitrogens with zero attached hydrogens (tertiary/aromatic N) is 3. The second kappa shape index (κ2) is 11.4. The van der Waals surface area contributed by atoms with E-state index in [-0.39, 0.29) is 37.5 Å². The molecule has 3 fully saturated rings. The van der Waals surface area contributed by atoms with Crippen molar-refractivity contribution in [2.75, 3.05) is 42.6 Å². The third-order valence-electron chi connectivity index (χ3n) is 9.19. The van der Waals surface area contributed by atoms with Crippen molar-refractivity contribution in [1.82, 2.24) is 4.90 Å². The number of benzene rings is 1. The molecule has 2 bridgehead atoms. The van der Waals surface area contributed by atoms with Crippen LogP contribution >= 0.6 is 0 Å². The van der Waals surface area contributed by atoms with E-state index in [2.05, 4.69) is 31.9 Å². The second-order valence-electron chi connectivity index (χ2n) is 11.3. The van der Waals surface area contributed by atoms with Gasteiger partial charge in [0.1, 0.15) is 24.2 Å². The van der Waals surface area contributed by atoms with Gasteiger partial charge in [-0.15, -0.1) is 6.58 Å². The van der Waals surface area contributed by atoms with E-state index in [1.165, 1.54) is 11.0 Å². The number of rotatable bonds is 12. The van der Waals surface area contributed by atoms with Gasteiger partial charge >= 0.3 is 5.97 Å². The number of likely N-dealkylation sites (tertiary alicyclic amines) is 1. The molecule has 3 aliphatic rings. The predicted octanol–water partition coefficient (Wildman–Crippen LogP) is 3.17. The van der Waals surface area contributed by atoms with Crippen molar-refractivity contribution in [3.05, 3.63) is 49.6 Å². The van der Waals surface area contributed by atoms with E-state index in [0.29, 0.717) is 12.1 Å². The molecule has 9 heteroatoms. The minimum Gasteiger partial charge on any atom is -0.461 e. The Morgan fingerprint density at radius 3 is 2.38 bits per heavy atom. The summed E-state index contributed by atoms with van der Waals surface area (Å²) in [6.07, 6.45) is 3.56. The van der Waals surface area contributed by atoms with Crippen molar-refractivity contribution in [3.63, 3.8) is 0 Å².